The molecule has 0 atom stereocenters. The van der Waals surface area contributed by atoms with Gasteiger partial charge in [-0.2, -0.15) is 0 Å². The number of carbonyl (C=O) groups excluding carboxylic acids is 1. The van der Waals surface area contributed by atoms with Crippen molar-refractivity contribution in [2.75, 3.05) is 39.3 Å². The van der Waals surface area contributed by atoms with E-state index in [1.165, 1.54) is 37.1 Å². The third-order valence-electron chi connectivity index (χ3n) is 6.14. The van der Waals surface area contributed by atoms with E-state index < -0.39 is 0 Å². The van der Waals surface area contributed by atoms with Crippen LogP contribution in [0.15, 0.2) is 29.3 Å². The predicted octanol–water partition coefficient (Wildman–Crippen LogP) is 2.99. The fourth-order valence-corrected chi connectivity index (χ4v) is 4.16. The summed E-state index contributed by atoms with van der Waals surface area (Å²) in [5.41, 5.74) is 2.62. The number of likely N-dealkylation sites (tertiary alicyclic amines) is 2. The van der Waals surface area contributed by atoms with E-state index in [0.29, 0.717) is 18.9 Å². The van der Waals surface area contributed by atoms with Crippen LogP contribution in [0, 0.1) is 5.92 Å². The van der Waals surface area contributed by atoms with Gasteiger partial charge in [-0.15, -0.1) is 0 Å². The van der Waals surface area contributed by atoms with E-state index in [0.717, 1.165) is 57.4 Å². The van der Waals surface area contributed by atoms with E-state index in [-0.39, 0.29) is 0 Å². The zero-order valence-corrected chi connectivity index (χ0v) is 18.8. The molecule has 166 valence electrons. The second kappa shape index (κ2) is 11.9. The van der Waals surface area contributed by atoms with E-state index >= 15 is 0 Å². The van der Waals surface area contributed by atoms with Crippen LogP contribution in [0.3, 0.4) is 0 Å². The van der Waals surface area contributed by atoms with Crippen LogP contribution in [0.25, 0.3) is 0 Å². The number of nitrogens with zero attached hydrogens (tertiary/aromatic N) is 3. The minimum atomic E-state index is 0.300. The summed E-state index contributed by atoms with van der Waals surface area (Å²) in [6, 6.07) is 8.90. The molecular weight excluding hydrogens is 374 g/mol. The number of aliphatic imine (C=N–C) groups is 1. The Morgan fingerprint density at radius 3 is 2.50 bits per heavy atom. The number of amides is 1. The molecule has 0 radical (unpaired) electrons. The summed E-state index contributed by atoms with van der Waals surface area (Å²) in [5, 5.41) is 6.70. The molecule has 2 aliphatic heterocycles. The summed E-state index contributed by atoms with van der Waals surface area (Å²) in [6.45, 7) is 12.0. The lowest BCUT2D eigenvalue weighted by molar-refractivity contribution is -0.127. The smallest absolute Gasteiger partial charge is 0.222 e. The predicted molar refractivity (Wildman–Crippen MR) is 123 cm³/mol. The summed E-state index contributed by atoms with van der Waals surface area (Å²) in [6.07, 6.45) is 5.31. The molecule has 0 spiro atoms. The van der Waals surface area contributed by atoms with Crippen molar-refractivity contribution in [3.05, 3.63) is 35.4 Å². The standard InChI is InChI=1S/C24H39N5O/c1-3-25-24(26-13-5-15-29-14-4-6-23(29)30)27-18-21-7-9-22(10-8-21)19-28-16-11-20(2)12-17-28/h7-10,20H,3-6,11-19H2,1-2H3,(H2,25,26,27). The molecular formula is C24H39N5O. The van der Waals surface area contributed by atoms with E-state index in [9.17, 15) is 4.79 Å². The molecule has 0 bridgehead atoms. The Bertz CT molecular complexity index is 679. The first kappa shape index (κ1) is 22.6. The minimum absolute atomic E-state index is 0.300. The number of hydrogen-bond donors (Lipinski definition) is 2. The topological polar surface area (TPSA) is 60.0 Å². The molecule has 2 heterocycles. The number of carbonyl (C=O) groups is 1. The number of hydrogen-bond acceptors (Lipinski definition) is 3. The van der Waals surface area contributed by atoms with Crippen molar-refractivity contribution >= 4 is 11.9 Å². The Morgan fingerprint density at radius 2 is 1.83 bits per heavy atom. The molecule has 2 fully saturated rings. The van der Waals surface area contributed by atoms with E-state index in [4.69, 9.17) is 4.99 Å². The van der Waals surface area contributed by atoms with Gasteiger partial charge in [0.1, 0.15) is 0 Å². The monoisotopic (exact) mass is 413 g/mol. The first-order chi connectivity index (χ1) is 14.6. The Labute approximate surface area is 182 Å². The SMILES string of the molecule is CCNC(=NCc1ccc(CN2CCC(C)CC2)cc1)NCCCN1CCCC1=O. The molecule has 6 nitrogen and oxygen atoms in total. The van der Waals surface area contributed by atoms with Crippen molar-refractivity contribution in [3.63, 3.8) is 0 Å². The van der Waals surface area contributed by atoms with Crippen molar-refractivity contribution in [1.29, 1.82) is 0 Å². The Balaban J connectivity index is 1.41. The Kier molecular flexibility index (Phi) is 9.00. The average Bonchev–Trinajstić information content (AvgIpc) is 3.16. The summed E-state index contributed by atoms with van der Waals surface area (Å²) in [7, 11) is 0. The van der Waals surface area contributed by atoms with Gasteiger partial charge in [-0.05, 0) is 62.7 Å². The summed E-state index contributed by atoms with van der Waals surface area (Å²) >= 11 is 0. The maximum absolute atomic E-state index is 11.7. The first-order valence-electron chi connectivity index (χ1n) is 11.7. The second-order valence-electron chi connectivity index (χ2n) is 8.74. The Morgan fingerprint density at radius 1 is 1.10 bits per heavy atom. The van der Waals surface area contributed by atoms with Crippen molar-refractivity contribution in [2.45, 2.75) is 59.0 Å². The second-order valence-corrected chi connectivity index (χ2v) is 8.74. The number of nitrogens with one attached hydrogen (secondary N) is 2. The summed E-state index contributed by atoms with van der Waals surface area (Å²) in [4.78, 5) is 20.9. The normalized spacial score (nSPS) is 18.8. The molecule has 2 aliphatic rings. The van der Waals surface area contributed by atoms with Gasteiger partial charge in [0.25, 0.3) is 0 Å². The molecule has 2 saturated heterocycles. The van der Waals surface area contributed by atoms with Crippen molar-refractivity contribution in [2.24, 2.45) is 10.9 Å². The largest absolute Gasteiger partial charge is 0.357 e. The van der Waals surface area contributed by atoms with Crippen LogP contribution in [-0.2, 0) is 17.9 Å². The molecule has 0 aliphatic carbocycles. The number of guanidine groups is 1. The van der Waals surface area contributed by atoms with Gasteiger partial charge >= 0.3 is 0 Å². The number of benzene rings is 1. The fourth-order valence-electron chi connectivity index (χ4n) is 4.16. The summed E-state index contributed by atoms with van der Waals surface area (Å²) in [5.74, 6) is 2.02. The maximum Gasteiger partial charge on any atom is 0.222 e. The van der Waals surface area contributed by atoms with Crippen LogP contribution in [0.1, 0.15) is 57.1 Å². The quantitative estimate of drug-likeness (QED) is 0.371. The van der Waals surface area contributed by atoms with Crippen molar-refractivity contribution in [1.82, 2.24) is 20.4 Å². The summed E-state index contributed by atoms with van der Waals surface area (Å²) < 4.78 is 0. The number of piperidine rings is 1. The van der Waals surface area contributed by atoms with Gasteiger partial charge in [0.2, 0.25) is 5.91 Å². The average molecular weight is 414 g/mol. The molecule has 0 aromatic heterocycles. The minimum Gasteiger partial charge on any atom is -0.357 e. The van der Waals surface area contributed by atoms with Crippen LogP contribution < -0.4 is 10.6 Å². The molecule has 1 aromatic carbocycles. The fraction of sp³-hybridized carbons (Fsp3) is 0.667. The first-order valence-corrected chi connectivity index (χ1v) is 11.7. The van der Waals surface area contributed by atoms with Crippen LogP contribution in [-0.4, -0.2) is 60.9 Å². The lowest BCUT2D eigenvalue weighted by Crippen LogP contribution is -2.39. The van der Waals surface area contributed by atoms with E-state index in [2.05, 4.69) is 53.6 Å². The van der Waals surface area contributed by atoms with Crippen LogP contribution in [0.5, 0.6) is 0 Å². The molecule has 2 N–H and O–H groups in total. The molecule has 1 amide bonds. The lowest BCUT2D eigenvalue weighted by Gasteiger charge is -2.30. The maximum atomic E-state index is 11.7. The van der Waals surface area contributed by atoms with Crippen LogP contribution in [0.4, 0.5) is 0 Å². The molecule has 6 heteroatoms. The van der Waals surface area contributed by atoms with Gasteiger partial charge in [-0.3, -0.25) is 9.69 Å². The van der Waals surface area contributed by atoms with Crippen LogP contribution in [0.2, 0.25) is 0 Å². The van der Waals surface area contributed by atoms with Gasteiger partial charge in [0.05, 0.1) is 6.54 Å². The molecule has 30 heavy (non-hydrogen) atoms. The third kappa shape index (κ3) is 7.31. The molecule has 0 saturated carbocycles. The van der Waals surface area contributed by atoms with Crippen molar-refractivity contribution in [3.8, 4) is 0 Å². The zero-order chi connectivity index (χ0) is 21.2. The zero-order valence-electron chi connectivity index (χ0n) is 18.8. The van der Waals surface area contributed by atoms with Gasteiger partial charge in [0.15, 0.2) is 5.96 Å². The highest BCUT2D eigenvalue weighted by Crippen LogP contribution is 2.18. The van der Waals surface area contributed by atoms with E-state index in [1.807, 2.05) is 4.90 Å². The molecule has 0 unspecified atom stereocenters. The highest BCUT2D eigenvalue weighted by Gasteiger charge is 2.19. The molecule has 1 aromatic rings. The Hall–Kier alpha value is -2.08. The van der Waals surface area contributed by atoms with E-state index in [1.54, 1.807) is 0 Å². The third-order valence-corrected chi connectivity index (χ3v) is 6.14. The van der Waals surface area contributed by atoms with Gasteiger partial charge in [-0.1, -0.05) is 31.2 Å². The highest BCUT2D eigenvalue weighted by molar-refractivity contribution is 5.79. The van der Waals surface area contributed by atoms with Gasteiger partial charge in [-0.25, -0.2) is 4.99 Å². The lowest BCUT2D eigenvalue weighted by atomic mass is 9.99. The molecule has 3 rings (SSSR count). The number of rotatable bonds is 9. The van der Waals surface area contributed by atoms with Gasteiger partial charge in [0, 0.05) is 39.1 Å². The highest BCUT2D eigenvalue weighted by atomic mass is 16.2. The van der Waals surface area contributed by atoms with Crippen molar-refractivity contribution < 1.29 is 4.79 Å². The van der Waals surface area contributed by atoms with Gasteiger partial charge < -0.3 is 15.5 Å². The van der Waals surface area contributed by atoms with Crippen LogP contribution >= 0.6 is 0 Å².